The van der Waals surface area contributed by atoms with E-state index in [-0.39, 0.29) is 12.5 Å². The number of hydrogen-bond donors (Lipinski definition) is 2. The fraction of sp³-hybridized carbons (Fsp3) is 0.500. The zero-order chi connectivity index (χ0) is 14.7. The molecule has 1 amide bonds. The van der Waals surface area contributed by atoms with Crippen molar-refractivity contribution >= 4 is 43.5 Å². The van der Waals surface area contributed by atoms with Gasteiger partial charge in [0.1, 0.15) is 0 Å². The molecule has 1 aliphatic carbocycles. The monoisotopic (exact) mass is 404 g/mol. The van der Waals surface area contributed by atoms with E-state index in [4.69, 9.17) is 5.11 Å². The van der Waals surface area contributed by atoms with Gasteiger partial charge in [-0.2, -0.15) is 0 Å². The summed E-state index contributed by atoms with van der Waals surface area (Å²) in [5.41, 5.74) is 1.86. The second kappa shape index (κ2) is 7.02. The van der Waals surface area contributed by atoms with Gasteiger partial charge in [-0.25, -0.2) is 0 Å². The Kier molecular flexibility index (Phi) is 5.60. The molecule has 110 valence electrons. The summed E-state index contributed by atoms with van der Waals surface area (Å²) in [4.78, 5) is 14.2. The minimum absolute atomic E-state index is 0.0596. The lowest BCUT2D eigenvalue weighted by atomic mass is 10.2. The molecule has 0 spiro atoms. The molecule has 2 N–H and O–H groups in total. The van der Waals surface area contributed by atoms with Gasteiger partial charge in [-0.05, 0) is 69.3 Å². The number of carbonyl (C=O) groups is 1. The topological polar surface area (TPSA) is 52.6 Å². The summed E-state index contributed by atoms with van der Waals surface area (Å²) in [5, 5.41) is 12.0. The number of aryl methyl sites for hydroxylation is 1. The smallest absolute Gasteiger partial charge is 0.238 e. The Balaban J connectivity index is 2.00. The van der Waals surface area contributed by atoms with Gasteiger partial charge in [-0.1, -0.05) is 0 Å². The normalized spacial score (nSPS) is 14.7. The number of aliphatic hydroxyl groups is 1. The Morgan fingerprint density at radius 1 is 1.40 bits per heavy atom. The van der Waals surface area contributed by atoms with Crippen molar-refractivity contribution in [3.63, 3.8) is 0 Å². The summed E-state index contributed by atoms with van der Waals surface area (Å²) in [7, 11) is 0. The molecule has 0 radical (unpaired) electrons. The Morgan fingerprint density at radius 3 is 2.50 bits per heavy atom. The van der Waals surface area contributed by atoms with E-state index in [1.54, 1.807) is 0 Å². The van der Waals surface area contributed by atoms with E-state index < -0.39 is 0 Å². The third-order valence-electron chi connectivity index (χ3n) is 3.25. The first-order valence-corrected chi connectivity index (χ1v) is 8.20. The number of aliphatic hydroxyl groups excluding tert-OH is 1. The third kappa shape index (κ3) is 4.28. The molecular weight excluding hydrogens is 388 g/mol. The fourth-order valence-corrected chi connectivity index (χ4v) is 3.76. The van der Waals surface area contributed by atoms with Crippen LogP contribution in [0, 0.1) is 6.92 Å². The first-order valence-electron chi connectivity index (χ1n) is 6.61. The van der Waals surface area contributed by atoms with Crippen LogP contribution in [-0.2, 0) is 4.79 Å². The number of hydrogen-bond acceptors (Lipinski definition) is 3. The third-order valence-corrected chi connectivity index (χ3v) is 4.50. The molecular formula is C14H18Br2N2O2. The number of halogens is 2. The Morgan fingerprint density at radius 2 is 2.00 bits per heavy atom. The van der Waals surface area contributed by atoms with Crippen LogP contribution in [0.25, 0.3) is 0 Å². The van der Waals surface area contributed by atoms with Gasteiger partial charge in [0.25, 0.3) is 0 Å². The molecule has 0 unspecified atom stereocenters. The number of benzene rings is 1. The summed E-state index contributed by atoms with van der Waals surface area (Å²) in [6, 6.07) is 4.39. The molecule has 20 heavy (non-hydrogen) atoms. The second-order valence-corrected chi connectivity index (χ2v) is 6.79. The van der Waals surface area contributed by atoms with E-state index in [2.05, 4.69) is 37.2 Å². The molecule has 0 atom stereocenters. The van der Waals surface area contributed by atoms with Crippen LogP contribution in [0.4, 0.5) is 5.69 Å². The largest absolute Gasteiger partial charge is 0.395 e. The van der Waals surface area contributed by atoms with Gasteiger partial charge in [-0.15, -0.1) is 0 Å². The lowest BCUT2D eigenvalue weighted by molar-refractivity contribution is -0.117. The van der Waals surface area contributed by atoms with Crippen molar-refractivity contribution in [3.8, 4) is 0 Å². The number of nitrogens with one attached hydrogen (secondary N) is 1. The van der Waals surface area contributed by atoms with Crippen LogP contribution >= 0.6 is 31.9 Å². The highest BCUT2D eigenvalue weighted by Gasteiger charge is 2.29. The maximum Gasteiger partial charge on any atom is 0.238 e. The van der Waals surface area contributed by atoms with Crippen molar-refractivity contribution in [2.24, 2.45) is 0 Å². The van der Waals surface area contributed by atoms with Crippen LogP contribution < -0.4 is 5.32 Å². The van der Waals surface area contributed by atoms with Crippen molar-refractivity contribution in [1.29, 1.82) is 0 Å². The maximum absolute atomic E-state index is 12.1. The lowest BCUT2D eigenvalue weighted by Gasteiger charge is -2.20. The van der Waals surface area contributed by atoms with Gasteiger partial charge >= 0.3 is 0 Å². The van der Waals surface area contributed by atoms with Crippen molar-refractivity contribution in [3.05, 3.63) is 26.6 Å². The van der Waals surface area contributed by atoms with Crippen LogP contribution in [0.1, 0.15) is 18.4 Å². The van der Waals surface area contributed by atoms with Crippen LogP contribution in [0.5, 0.6) is 0 Å². The number of anilines is 1. The van der Waals surface area contributed by atoms with Crippen molar-refractivity contribution in [2.75, 3.05) is 25.0 Å². The lowest BCUT2D eigenvalue weighted by Crippen LogP contribution is -2.36. The quantitative estimate of drug-likeness (QED) is 0.764. The van der Waals surface area contributed by atoms with E-state index in [0.717, 1.165) is 33.0 Å². The summed E-state index contributed by atoms with van der Waals surface area (Å²) in [6.45, 7) is 2.95. The number of rotatable bonds is 6. The minimum atomic E-state index is -0.0596. The highest BCUT2D eigenvalue weighted by Crippen LogP contribution is 2.32. The van der Waals surface area contributed by atoms with E-state index in [0.29, 0.717) is 19.1 Å². The van der Waals surface area contributed by atoms with Crippen molar-refractivity contribution < 1.29 is 9.90 Å². The van der Waals surface area contributed by atoms with E-state index >= 15 is 0 Å². The Labute approximate surface area is 135 Å². The number of carbonyl (C=O) groups excluding carboxylic acids is 1. The Hall–Kier alpha value is -0.430. The summed E-state index contributed by atoms with van der Waals surface area (Å²) < 4.78 is 1.72. The molecule has 0 aromatic heterocycles. The van der Waals surface area contributed by atoms with Gasteiger partial charge in [0.15, 0.2) is 0 Å². The van der Waals surface area contributed by atoms with Crippen LogP contribution in [-0.4, -0.2) is 41.7 Å². The van der Waals surface area contributed by atoms with Gasteiger partial charge < -0.3 is 10.4 Å². The SMILES string of the molecule is Cc1cc(Br)c(NC(=O)CN(CCO)C2CC2)c(Br)c1. The molecule has 4 nitrogen and oxygen atoms in total. The van der Waals surface area contributed by atoms with Crippen molar-refractivity contribution in [2.45, 2.75) is 25.8 Å². The summed E-state index contributed by atoms with van der Waals surface area (Å²) in [5.74, 6) is -0.0596. The average molecular weight is 406 g/mol. The summed E-state index contributed by atoms with van der Waals surface area (Å²) >= 11 is 6.93. The standard InChI is InChI=1S/C14H18Br2N2O2/c1-9-6-11(15)14(12(16)7-9)17-13(20)8-18(4-5-19)10-2-3-10/h6-7,10,19H,2-5,8H2,1H3,(H,17,20). The van der Waals surface area contributed by atoms with E-state index in [1.807, 2.05) is 24.0 Å². The minimum Gasteiger partial charge on any atom is -0.395 e. The molecule has 1 aliphatic rings. The van der Waals surface area contributed by atoms with Gasteiger partial charge in [0.05, 0.1) is 18.8 Å². The van der Waals surface area contributed by atoms with Crippen LogP contribution in [0.3, 0.4) is 0 Å². The van der Waals surface area contributed by atoms with Gasteiger partial charge in [0.2, 0.25) is 5.91 Å². The fourth-order valence-electron chi connectivity index (χ4n) is 2.14. The first-order chi connectivity index (χ1) is 9.51. The van der Waals surface area contributed by atoms with E-state index in [1.165, 1.54) is 0 Å². The average Bonchev–Trinajstić information content (AvgIpc) is 3.17. The zero-order valence-corrected chi connectivity index (χ0v) is 14.5. The molecule has 1 aromatic carbocycles. The highest BCUT2D eigenvalue weighted by atomic mass is 79.9. The predicted octanol–water partition coefficient (Wildman–Crippen LogP) is 2.92. The molecule has 6 heteroatoms. The zero-order valence-electron chi connectivity index (χ0n) is 11.3. The molecule has 1 saturated carbocycles. The number of nitrogens with zero attached hydrogens (tertiary/aromatic N) is 1. The van der Waals surface area contributed by atoms with Gasteiger partial charge in [0, 0.05) is 21.5 Å². The van der Waals surface area contributed by atoms with Crippen LogP contribution in [0.15, 0.2) is 21.1 Å². The molecule has 0 heterocycles. The molecule has 0 saturated heterocycles. The molecule has 0 aliphatic heterocycles. The predicted molar refractivity (Wildman–Crippen MR) is 86.9 cm³/mol. The van der Waals surface area contributed by atoms with E-state index in [9.17, 15) is 4.79 Å². The van der Waals surface area contributed by atoms with Crippen molar-refractivity contribution in [1.82, 2.24) is 4.90 Å². The highest BCUT2D eigenvalue weighted by molar-refractivity contribution is 9.11. The Bertz CT molecular complexity index is 481. The molecule has 1 aromatic rings. The maximum atomic E-state index is 12.1. The van der Waals surface area contributed by atoms with Crippen LogP contribution in [0.2, 0.25) is 0 Å². The molecule has 1 fully saturated rings. The molecule has 0 bridgehead atoms. The second-order valence-electron chi connectivity index (χ2n) is 5.08. The van der Waals surface area contributed by atoms with Gasteiger partial charge in [-0.3, -0.25) is 9.69 Å². The first kappa shape index (κ1) is 15.9. The summed E-state index contributed by atoms with van der Waals surface area (Å²) in [6.07, 6.45) is 2.23. The molecule has 2 rings (SSSR count). The number of amides is 1.